The Morgan fingerprint density at radius 1 is 1.16 bits per heavy atom. The maximum absolute atomic E-state index is 12.6. The third-order valence-corrected chi connectivity index (χ3v) is 3.71. The van der Waals surface area contributed by atoms with Gasteiger partial charge in [-0.05, 0) is 37.5 Å². The minimum atomic E-state index is 0.117. The topological polar surface area (TPSA) is 33.5 Å². The van der Waals surface area contributed by atoms with Gasteiger partial charge in [0.25, 0.3) is 5.91 Å². The molecule has 1 fully saturated rings. The zero-order chi connectivity index (χ0) is 13.1. The first kappa shape index (κ1) is 12.0. The summed E-state index contributed by atoms with van der Waals surface area (Å²) in [5.41, 5.74) is 1.86. The summed E-state index contributed by atoms with van der Waals surface area (Å²) in [4.78, 5) is 14.6. The molecule has 19 heavy (non-hydrogen) atoms. The molecule has 0 spiro atoms. The van der Waals surface area contributed by atoms with Gasteiger partial charge in [0.2, 0.25) is 0 Å². The van der Waals surface area contributed by atoms with Crippen LogP contribution in [0.15, 0.2) is 53.3 Å². The van der Waals surface area contributed by atoms with Gasteiger partial charge >= 0.3 is 0 Å². The molecule has 0 aliphatic carbocycles. The standard InChI is InChI=1S/C16H17NO2/c18-16(13-6-2-1-3-7-13)17-10-5-4-8-15(17)14-9-11-19-12-14/h1-3,6-7,9,11-12,15H,4-5,8,10H2/t15-/m0/s1. The van der Waals surface area contributed by atoms with Crippen LogP contribution in [-0.2, 0) is 0 Å². The lowest BCUT2D eigenvalue weighted by molar-refractivity contribution is 0.0611. The summed E-state index contributed by atoms with van der Waals surface area (Å²) in [5.74, 6) is 0.117. The average Bonchev–Trinajstić information content (AvgIpc) is 3.01. The molecule has 3 nitrogen and oxygen atoms in total. The summed E-state index contributed by atoms with van der Waals surface area (Å²) < 4.78 is 5.16. The Morgan fingerprint density at radius 3 is 2.74 bits per heavy atom. The minimum Gasteiger partial charge on any atom is -0.472 e. The van der Waals surface area contributed by atoms with Crippen LogP contribution in [-0.4, -0.2) is 17.4 Å². The number of benzene rings is 1. The number of hydrogen-bond donors (Lipinski definition) is 0. The van der Waals surface area contributed by atoms with Crippen LogP contribution >= 0.6 is 0 Å². The van der Waals surface area contributed by atoms with Gasteiger partial charge in [0, 0.05) is 17.7 Å². The van der Waals surface area contributed by atoms with E-state index < -0.39 is 0 Å². The van der Waals surface area contributed by atoms with Gasteiger partial charge in [-0.25, -0.2) is 0 Å². The predicted molar refractivity (Wildman–Crippen MR) is 72.8 cm³/mol. The van der Waals surface area contributed by atoms with Gasteiger partial charge in [-0.15, -0.1) is 0 Å². The fourth-order valence-electron chi connectivity index (χ4n) is 2.73. The number of furan rings is 1. The Morgan fingerprint density at radius 2 is 2.00 bits per heavy atom. The molecule has 2 heterocycles. The number of carbonyl (C=O) groups excluding carboxylic acids is 1. The highest BCUT2D eigenvalue weighted by atomic mass is 16.3. The Bertz CT molecular complexity index is 533. The van der Waals surface area contributed by atoms with Crippen molar-refractivity contribution in [3.63, 3.8) is 0 Å². The Balaban J connectivity index is 1.87. The molecule has 1 saturated heterocycles. The summed E-state index contributed by atoms with van der Waals surface area (Å²) in [7, 11) is 0. The quantitative estimate of drug-likeness (QED) is 0.820. The Hall–Kier alpha value is -2.03. The molecule has 98 valence electrons. The second-order valence-corrected chi connectivity index (χ2v) is 4.93. The fraction of sp³-hybridized carbons (Fsp3) is 0.312. The zero-order valence-corrected chi connectivity index (χ0v) is 10.8. The minimum absolute atomic E-state index is 0.117. The SMILES string of the molecule is O=C(c1ccccc1)N1CCCC[C@H]1c1ccoc1. The van der Waals surface area contributed by atoms with Gasteiger partial charge in [0.15, 0.2) is 0 Å². The summed E-state index contributed by atoms with van der Waals surface area (Å²) in [6.07, 6.45) is 6.68. The van der Waals surface area contributed by atoms with Gasteiger partial charge in [0.05, 0.1) is 18.6 Å². The van der Waals surface area contributed by atoms with Crippen molar-refractivity contribution in [1.82, 2.24) is 4.90 Å². The molecule has 3 rings (SSSR count). The van der Waals surface area contributed by atoms with Crippen molar-refractivity contribution in [1.29, 1.82) is 0 Å². The van der Waals surface area contributed by atoms with Crippen molar-refractivity contribution >= 4 is 5.91 Å². The lowest BCUT2D eigenvalue weighted by Crippen LogP contribution is -2.38. The van der Waals surface area contributed by atoms with E-state index in [0.29, 0.717) is 0 Å². The molecule has 1 aromatic heterocycles. The molecule has 3 heteroatoms. The highest BCUT2D eigenvalue weighted by molar-refractivity contribution is 5.94. The maximum atomic E-state index is 12.6. The smallest absolute Gasteiger partial charge is 0.254 e. The largest absolute Gasteiger partial charge is 0.472 e. The Labute approximate surface area is 112 Å². The normalized spacial score (nSPS) is 19.4. The molecular formula is C16H17NO2. The molecule has 2 aromatic rings. The van der Waals surface area contributed by atoms with E-state index in [9.17, 15) is 4.79 Å². The first-order chi connectivity index (χ1) is 9.36. The van der Waals surface area contributed by atoms with E-state index in [-0.39, 0.29) is 11.9 Å². The van der Waals surface area contributed by atoms with E-state index in [1.165, 1.54) is 0 Å². The molecule has 0 N–H and O–H groups in total. The highest BCUT2D eigenvalue weighted by Gasteiger charge is 2.29. The first-order valence-corrected chi connectivity index (χ1v) is 6.74. The molecule has 0 unspecified atom stereocenters. The molecule has 0 bridgehead atoms. The van der Waals surface area contributed by atoms with Crippen LogP contribution in [0.25, 0.3) is 0 Å². The lowest BCUT2D eigenvalue weighted by atomic mass is 9.96. The van der Waals surface area contributed by atoms with Crippen molar-refractivity contribution in [2.75, 3.05) is 6.54 Å². The van der Waals surface area contributed by atoms with E-state index in [0.717, 1.165) is 36.9 Å². The molecular weight excluding hydrogens is 238 g/mol. The number of piperidine rings is 1. The second kappa shape index (κ2) is 5.31. The van der Waals surface area contributed by atoms with Crippen molar-refractivity contribution in [3.8, 4) is 0 Å². The molecule has 0 saturated carbocycles. The van der Waals surface area contributed by atoms with Crippen molar-refractivity contribution in [2.24, 2.45) is 0 Å². The number of carbonyl (C=O) groups is 1. The first-order valence-electron chi connectivity index (χ1n) is 6.74. The van der Waals surface area contributed by atoms with Crippen LogP contribution in [0, 0.1) is 0 Å². The summed E-state index contributed by atoms with van der Waals surface area (Å²) in [5, 5.41) is 0. The van der Waals surface area contributed by atoms with Crippen LogP contribution in [0.5, 0.6) is 0 Å². The monoisotopic (exact) mass is 255 g/mol. The van der Waals surface area contributed by atoms with Crippen molar-refractivity contribution < 1.29 is 9.21 Å². The van der Waals surface area contributed by atoms with Crippen molar-refractivity contribution in [2.45, 2.75) is 25.3 Å². The Kier molecular flexibility index (Phi) is 3.36. The molecule has 1 aromatic carbocycles. The van der Waals surface area contributed by atoms with E-state index in [1.54, 1.807) is 12.5 Å². The van der Waals surface area contributed by atoms with Gasteiger partial charge in [-0.1, -0.05) is 18.2 Å². The zero-order valence-electron chi connectivity index (χ0n) is 10.8. The van der Waals surface area contributed by atoms with Gasteiger partial charge < -0.3 is 9.32 Å². The summed E-state index contributed by atoms with van der Waals surface area (Å²) in [6.45, 7) is 0.823. The maximum Gasteiger partial charge on any atom is 0.254 e. The summed E-state index contributed by atoms with van der Waals surface area (Å²) >= 11 is 0. The lowest BCUT2D eigenvalue weighted by Gasteiger charge is -2.35. The van der Waals surface area contributed by atoms with E-state index >= 15 is 0 Å². The molecule has 1 aliphatic heterocycles. The van der Waals surface area contributed by atoms with Gasteiger partial charge in [-0.2, -0.15) is 0 Å². The molecule has 1 amide bonds. The molecule has 1 atom stereocenters. The number of nitrogens with zero attached hydrogens (tertiary/aromatic N) is 1. The van der Waals surface area contributed by atoms with E-state index in [1.807, 2.05) is 41.3 Å². The highest BCUT2D eigenvalue weighted by Crippen LogP contribution is 2.32. The van der Waals surface area contributed by atoms with Crippen LogP contribution in [0.4, 0.5) is 0 Å². The fourth-order valence-corrected chi connectivity index (χ4v) is 2.73. The third kappa shape index (κ3) is 2.41. The van der Waals surface area contributed by atoms with E-state index in [4.69, 9.17) is 4.42 Å². The second-order valence-electron chi connectivity index (χ2n) is 4.93. The van der Waals surface area contributed by atoms with Gasteiger partial charge in [0.1, 0.15) is 0 Å². The number of likely N-dealkylation sites (tertiary alicyclic amines) is 1. The molecule has 1 aliphatic rings. The number of hydrogen-bond acceptors (Lipinski definition) is 2. The van der Waals surface area contributed by atoms with Crippen LogP contribution in [0.2, 0.25) is 0 Å². The number of rotatable bonds is 2. The average molecular weight is 255 g/mol. The van der Waals surface area contributed by atoms with Crippen LogP contribution in [0.1, 0.15) is 41.2 Å². The number of amides is 1. The predicted octanol–water partition coefficient (Wildman–Crippen LogP) is 3.65. The van der Waals surface area contributed by atoms with E-state index in [2.05, 4.69) is 0 Å². The van der Waals surface area contributed by atoms with Crippen molar-refractivity contribution in [3.05, 3.63) is 60.1 Å². The summed E-state index contributed by atoms with van der Waals surface area (Å²) in [6, 6.07) is 11.6. The van der Waals surface area contributed by atoms with Gasteiger partial charge in [-0.3, -0.25) is 4.79 Å². The molecule has 0 radical (unpaired) electrons. The van der Waals surface area contributed by atoms with Crippen LogP contribution < -0.4 is 0 Å². The van der Waals surface area contributed by atoms with Crippen LogP contribution in [0.3, 0.4) is 0 Å². The third-order valence-electron chi connectivity index (χ3n) is 3.71.